The lowest BCUT2D eigenvalue weighted by atomic mass is 10.0. The molecule has 0 spiro atoms. The number of hydrogen-bond donors (Lipinski definition) is 6. The highest BCUT2D eigenvalue weighted by atomic mass is 32.5. The summed E-state index contributed by atoms with van der Waals surface area (Å²) in [5.74, 6) is 0.0828. The molecule has 6 nitrogen and oxygen atoms in total. The Kier molecular flexibility index (Phi) is 17.9. The molecule has 0 aromatic carbocycles. The van der Waals surface area contributed by atoms with Gasteiger partial charge < -0.3 is 30.0 Å². The van der Waals surface area contributed by atoms with E-state index in [4.69, 9.17) is 30.0 Å². The van der Waals surface area contributed by atoms with Crippen molar-refractivity contribution in [2.75, 3.05) is 19.8 Å². The highest BCUT2D eigenvalue weighted by molar-refractivity contribution is 8.06. The summed E-state index contributed by atoms with van der Waals surface area (Å²) in [5.41, 5.74) is 0. The van der Waals surface area contributed by atoms with Crippen LogP contribution >= 0.6 is 6.72 Å². The summed E-state index contributed by atoms with van der Waals surface area (Å²) in [6.45, 7) is -3.28. The van der Waals surface area contributed by atoms with Crippen LogP contribution in [0, 0.1) is 5.92 Å². The maximum Gasteiger partial charge on any atom is 0.319 e. The zero-order valence-corrected chi connectivity index (χ0v) is 13.6. The van der Waals surface area contributed by atoms with Crippen LogP contribution in [0.25, 0.3) is 0 Å². The molecule has 0 atom stereocenters. The molecule has 0 fully saturated rings. The second kappa shape index (κ2) is 15.8. The van der Waals surface area contributed by atoms with Crippen LogP contribution in [0.5, 0.6) is 0 Å². The summed E-state index contributed by atoms with van der Waals surface area (Å²) < 4.78 is 0. The van der Waals surface area contributed by atoms with Crippen molar-refractivity contribution in [3.8, 4) is 0 Å². The van der Waals surface area contributed by atoms with Crippen LogP contribution in [-0.4, -0.2) is 49.8 Å². The van der Waals surface area contributed by atoms with Gasteiger partial charge in [0.05, 0.1) is 0 Å². The zero-order valence-electron chi connectivity index (χ0n) is 11.9. The Balaban J connectivity index is 0. The van der Waals surface area contributed by atoms with Gasteiger partial charge in [-0.15, -0.1) is 0 Å². The zero-order chi connectivity index (χ0) is 15.9. The van der Waals surface area contributed by atoms with E-state index in [2.05, 4.69) is 11.8 Å². The van der Waals surface area contributed by atoms with E-state index >= 15 is 0 Å². The van der Waals surface area contributed by atoms with E-state index in [1.54, 1.807) is 0 Å². The smallest absolute Gasteiger partial charge is 0.319 e. The molecule has 124 valence electrons. The highest BCUT2D eigenvalue weighted by Crippen LogP contribution is 2.26. The minimum absolute atomic E-state index is 0.0828. The maximum atomic E-state index is 8.84. The SMILES string of the molecule is OCCCCCCCCCC(CO)CO.OP(O)(O)=S. The Morgan fingerprint density at radius 1 is 0.700 bits per heavy atom. The Bertz CT molecular complexity index is 224. The third kappa shape index (κ3) is 26.9. The van der Waals surface area contributed by atoms with Crippen molar-refractivity contribution in [3.63, 3.8) is 0 Å². The fourth-order valence-electron chi connectivity index (χ4n) is 1.67. The van der Waals surface area contributed by atoms with E-state index < -0.39 is 6.72 Å². The number of hydrogen-bond acceptors (Lipinski definition) is 4. The van der Waals surface area contributed by atoms with Gasteiger partial charge in [-0.2, -0.15) is 0 Å². The van der Waals surface area contributed by atoms with Crippen LogP contribution in [-0.2, 0) is 11.8 Å². The van der Waals surface area contributed by atoms with Crippen LogP contribution in [0.1, 0.15) is 51.4 Å². The molecular weight excluding hydrogens is 303 g/mol. The largest absolute Gasteiger partial charge is 0.396 e. The van der Waals surface area contributed by atoms with Gasteiger partial charge in [-0.1, -0.05) is 38.5 Å². The van der Waals surface area contributed by atoms with Crippen molar-refractivity contribution >= 4 is 18.5 Å². The van der Waals surface area contributed by atoms with Gasteiger partial charge in [-0.3, -0.25) is 0 Å². The van der Waals surface area contributed by atoms with Gasteiger partial charge in [0.1, 0.15) is 0 Å². The van der Waals surface area contributed by atoms with Gasteiger partial charge in [0.15, 0.2) is 0 Å². The standard InChI is InChI=1S/C12H26O3.H3O3PS/c13-9-7-5-3-1-2-4-6-8-12(10-14)11-15;1-4(2,3)5/h12-15H,1-11H2;(H3,1,2,3,5). The number of rotatable bonds is 11. The van der Waals surface area contributed by atoms with Crippen LogP contribution < -0.4 is 0 Å². The Morgan fingerprint density at radius 3 is 1.40 bits per heavy atom. The minimum Gasteiger partial charge on any atom is -0.396 e. The molecule has 0 bridgehead atoms. The van der Waals surface area contributed by atoms with Crippen LogP contribution in [0.15, 0.2) is 0 Å². The average molecular weight is 332 g/mol. The van der Waals surface area contributed by atoms with Gasteiger partial charge in [0, 0.05) is 25.7 Å². The molecule has 0 saturated heterocycles. The van der Waals surface area contributed by atoms with Gasteiger partial charge in [0.2, 0.25) is 0 Å². The van der Waals surface area contributed by atoms with E-state index in [9.17, 15) is 0 Å². The molecule has 0 saturated carbocycles. The van der Waals surface area contributed by atoms with Crippen molar-refractivity contribution in [2.24, 2.45) is 5.92 Å². The van der Waals surface area contributed by atoms with Gasteiger partial charge >= 0.3 is 6.72 Å². The first-order chi connectivity index (χ1) is 9.35. The van der Waals surface area contributed by atoms with E-state index in [1.165, 1.54) is 25.7 Å². The van der Waals surface area contributed by atoms with Crippen LogP contribution in [0.2, 0.25) is 0 Å². The summed E-state index contributed by atoms with van der Waals surface area (Å²) in [4.78, 5) is 22.7. The molecule has 6 N–H and O–H groups in total. The normalized spacial score (nSPS) is 11.3. The number of unbranched alkanes of at least 4 members (excludes halogenated alkanes) is 6. The van der Waals surface area contributed by atoms with Crippen molar-refractivity contribution in [2.45, 2.75) is 51.4 Å². The molecule has 8 heteroatoms. The second-order valence-electron chi connectivity index (χ2n) is 4.73. The third-order valence-corrected chi connectivity index (χ3v) is 2.79. The van der Waals surface area contributed by atoms with E-state index in [0.717, 1.165) is 25.7 Å². The Labute approximate surface area is 126 Å². The van der Waals surface area contributed by atoms with Crippen LogP contribution in [0.4, 0.5) is 0 Å². The van der Waals surface area contributed by atoms with E-state index in [0.29, 0.717) is 6.61 Å². The first kappa shape index (κ1) is 22.7. The molecule has 0 heterocycles. The summed E-state index contributed by atoms with van der Waals surface area (Å²) in [5, 5.41) is 26.3. The molecule has 0 aliphatic heterocycles. The average Bonchev–Trinajstić information content (AvgIpc) is 2.35. The summed E-state index contributed by atoms with van der Waals surface area (Å²) >= 11 is 3.60. The lowest BCUT2D eigenvalue weighted by molar-refractivity contribution is 0.141. The molecule has 20 heavy (non-hydrogen) atoms. The molecule has 0 aliphatic carbocycles. The number of aliphatic hydroxyl groups is 3. The lowest BCUT2D eigenvalue weighted by Crippen LogP contribution is -2.10. The molecule has 0 unspecified atom stereocenters. The molecule has 0 rings (SSSR count). The fraction of sp³-hybridized carbons (Fsp3) is 1.00. The molecule has 0 aliphatic rings. The predicted molar refractivity (Wildman–Crippen MR) is 82.6 cm³/mol. The molecular formula is C12H29O6PS. The van der Waals surface area contributed by atoms with Crippen molar-refractivity contribution in [3.05, 3.63) is 0 Å². The first-order valence-corrected chi connectivity index (χ1v) is 9.62. The van der Waals surface area contributed by atoms with Crippen LogP contribution in [0.3, 0.4) is 0 Å². The highest BCUT2D eigenvalue weighted by Gasteiger charge is 2.04. The van der Waals surface area contributed by atoms with Crippen molar-refractivity contribution in [1.29, 1.82) is 0 Å². The monoisotopic (exact) mass is 332 g/mol. The van der Waals surface area contributed by atoms with Crippen molar-refractivity contribution < 1.29 is 30.0 Å². The fourth-order valence-corrected chi connectivity index (χ4v) is 1.67. The molecule has 0 radical (unpaired) electrons. The maximum absolute atomic E-state index is 8.84. The predicted octanol–water partition coefficient (Wildman–Crippen LogP) is 0.888. The van der Waals surface area contributed by atoms with Gasteiger partial charge in [0.25, 0.3) is 0 Å². The molecule has 0 aromatic heterocycles. The van der Waals surface area contributed by atoms with E-state index in [1.807, 2.05) is 0 Å². The van der Waals surface area contributed by atoms with Gasteiger partial charge in [-0.25, -0.2) is 0 Å². The third-order valence-electron chi connectivity index (χ3n) is 2.79. The van der Waals surface area contributed by atoms with Crippen molar-refractivity contribution in [1.82, 2.24) is 0 Å². The van der Waals surface area contributed by atoms with E-state index in [-0.39, 0.29) is 19.1 Å². The Hall–Kier alpha value is 0.410. The van der Waals surface area contributed by atoms with Gasteiger partial charge in [-0.05, 0) is 24.6 Å². The number of aliphatic hydroxyl groups excluding tert-OH is 3. The minimum atomic E-state index is -3.81. The lowest BCUT2D eigenvalue weighted by Gasteiger charge is -2.09. The first-order valence-electron chi connectivity index (χ1n) is 6.96. The summed E-state index contributed by atoms with van der Waals surface area (Å²) in [6, 6.07) is 0. The summed E-state index contributed by atoms with van der Waals surface area (Å²) in [7, 11) is 0. The molecule has 0 amide bonds. The summed E-state index contributed by atoms with van der Waals surface area (Å²) in [6.07, 6.45) is 8.97. The topological polar surface area (TPSA) is 121 Å². The second-order valence-corrected chi connectivity index (χ2v) is 7.23. The molecule has 0 aromatic rings. The Morgan fingerprint density at radius 2 is 1.05 bits per heavy atom. The quantitative estimate of drug-likeness (QED) is 0.245.